The normalized spacial score (nSPS) is 12.6. The maximum absolute atomic E-state index is 12.1. The zero-order valence-corrected chi connectivity index (χ0v) is 13.8. The fourth-order valence-corrected chi connectivity index (χ4v) is 3.33. The molecule has 0 aliphatic carbocycles. The summed E-state index contributed by atoms with van der Waals surface area (Å²) in [4.78, 5) is 21.8. The van der Waals surface area contributed by atoms with Crippen LogP contribution < -0.4 is 15.1 Å². The maximum atomic E-state index is 12.1. The van der Waals surface area contributed by atoms with Crippen LogP contribution in [-0.4, -0.2) is 38.3 Å². The predicted octanol–water partition coefficient (Wildman–Crippen LogP) is -0.205. The summed E-state index contributed by atoms with van der Waals surface area (Å²) >= 11 is 1.41. The molecule has 7 nitrogen and oxygen atoms in total. The number of anilines is 1. The van der Waals surface area contributed by atoms with Crippen LogP contribution in [0.2, 0.25) is 0 Å². The van der Waals surface area contributed by atoms with E-state index in [0.29, 0.717) is 11.4 Å². The van der Waals surface area contributed by atoms with Gasteiger partial charge in [-0.3, -0.25) is 4.79 Å². The van der Waals surface area contributed by atoms with E-state index in [-0.39, 0.29) is 17.2 Å². The Morgan fingerprint density at radius 1 is 1.27 bits per heavy atom. The van der Waals surface area contributed by atoms with Gasteiger partial charge in [-0.15, -0.1) is 0 Å². The van der Waals surface area contributed by atoms with Gasteiger partial charge in [-0.25, -0.2) is 13.1 Å². The first-order valence-electron chi connectivity index (χ1n) is 6.36. The zero-order valence-electron chi connectivity index (χ0n) is 12.2. The number of carboxylic acids is 1. The van der Waals surface area contributed by atoms with Gasteiger partial charge >= 0.3 is 0 Å². The van der Waals surface area contributed by atoms with Crippen molar-refractivity contribution in [2.75, 3.05) is 17.3 Å². The van der Waals surface area contributed by atoms with Crippen LogP contribution in [0, 0.1) is 0 Å². The molecule has 9 heteroatoms. The summed E-state index contributed by atoms with van der Waals surface area (Å²) in [6, 6.07) is 4.13. The fraction of sp³-hybridized carbons (Fsp3) is 0.385. The van der Waals surface area contributed by atoms with E-state index in [1.807, 2.05) is 0 Å². The summed E-state index contributed by atoms with van der Waals surface area (Å²) in [6.45, 7) is 1.34. The van der Waals surface area contributed by atoms with Crippen molar-refractivity contribution in [3.8, 4) is 0 Å². The third kappa shape index (κ3) is 5.66. The predicted molar refractivity (Wildman–Crippen MR) is 82.9 cm³/mol. The number of carbonyl (C=O) groups excluding carboxylic acids is 2. The van der Waals surface area contributed by atoms with Gasteiger partial charge in [0.1, 0.15) is 0 Å². The molecule has 0 heterocycles. The van der Waals surface area contributed by atoms with Crippen LogP contribution in [0.25, 0.3) is 0 Å². The molecule has 122 valence electrons. The minimum atomic E-state index is -3.97. The van der Waals surface area contributed by atoms with Crippen molar-refractivity contribution < 1.29 is 23.1 Å². The molecule has 1 atom stereocenters. The van der Waals surface area contributed by atoms with Crippen molar-refractivity contribution in [2.45, 2.75) is 24.3 Å². The van der Waals surface area contributed by atoms with E-state index < -0.39 is 22.0 Å². The molecule has 0 spiro atoms. The first-order valence-corrected chi connectivity index (χ1v) is 9.23. The monoisotopic (exact) mass is 345 g/mol. The smallest absolute Gasteiger partial charge is 0.241 e. The topological polar surface area (TPSA) is 115 Å². The third-order valence-electron chi connectivity index (χ3n) is 2.68. The van der Waals surface area contributed by atoms with Gasteiger partial charge in [0.15, 0.2) is 0 Å². The van der Waals surface area contributed by atoms with Gasteiger partial charge in [-0.1, -0.05) is 0 Å². The molecule has 0 saturated heterocycles. The molecule has 0 aliphatic rings. The SMILES string of the molecule is CSCC[C@H](NS(=O)(=O)c1ccc(NC(C)=O)cc1)C(=O)[O-]. The number of carboxylic acid groups (broad SMARTS) is 1. The largest absolute Gasteiger partial charge is 0.548 e. The summed E-state index contributed by atoms with van der Waals surface area (Å²) in [5.41, 5.74) is 0.449. The second-order valence-corrected chi connectivity index (χ2v) is 7.18. The number of hydrogen-bond acceptors (Lipinski definition) is 6. The molecule has 0 bridgehead atoms. The number of aliphatic carboxylic acids is 1. The Balaban J connectivity index is 2.88. The lowest BCUT2D eigenvalue weighted by atomic mass is 10.2. The Bertz CT molecular complexity index is 628. The highest BCUT2D eigenvalue weighted by Crippen LogP contribution is 2.15. The zero-order chi connectivity index (χ0) is 16.8. The molecule has 1 aromatic carbocycles. The Morgan fingerprint density at radius 2 is 1.86 bits per heavy atom. The van der Waals surface area contributed by atoms with E-state index >= 15 is 0 Å². The second-order valence-electron chi connectivity index (χ2n) is 4.48. The van der Waals surface area contributed by atoms with E-state index in [9.17, 15) is 23.1 Å². The first kappa shape index (κ1) is 18.5. The molecular weight excluding hydrogens is 328 g/mol. The van der Waals surface area contributed by atoms with E-state index in [4.69, 9.17) is 0 Å². The first-order chi connectivity index (χ1) is 10.3. The van der Waals surface area contributed by atoms with Gasteiger partial charge in [0.2, 0.25) is 15.9 Å². The molecular formula is C13H17N2O5S2-. The maximum Gasteiger partial charge on any atom is 0.241 e. The van der Waals surface area contributed by atoms with Crippen molar-refractivity contribution in [1.82, 2.24) is 4.72 Å². The molecule has 1 amide bonds. The highest BCUT2D eigenvalue weighted by molar-refractivity contribution is 7.98. The van der Waals surface area contributed by atoms with Crippen molar-refractivity contribution >= 4 is 39.3 Å². The quantitative estimate of drug-likeness (QED) is 0.674. The molecule has 22 heavy (non-hydrogen) atoms. The number of rotatable bonds is 8. The highest BCUT2D eigenvalue weighted by atomic mass is 32.2. The number of carbonyl (C=O) groups is 2. The van der Waals surface area contributed by atoms with Crippen LogP contribution in [0.3, 0.4) is 0 Å². The number of hydrogen-bond donors (Lipinski definition) is 2. The summed E-state index contributed by atoms with van der Waals surface area (Å²) in [6.07, 6.45) is 1.92. The Labute approximate surface area is 133 Å². The van der Waals surface area contributed by atoms with Gasteiger partial charge < -0.3 is 15.2 Å². The Kier molecular flexibility index (Phi) is 6.85. The third-order valence-corrected chi connectivity index (χ3v) is 4.81. The van der Waals surface area contributed by atoms with Crippen LogP contribution in [-0.2, 0) is 19.6 Å². The molecule has 0 unspecified atom stereocenters. The van der Waals surface area contributed by atoms with Gasteiger partial charge in [0.25, 0.3) is 0 Å². The average molecular weight is 345 g/mol. The highest BCUT2D eigenvalue weighted by Gasteiger charge is 2.20. The van der Waals surface area contributed by atoms with E-state index in [1.54, 1.807) is 6.26 Å². The summed E-state index contributed by atoms with van der Waals surface area (Å²) in [7, 11) is -3.97. The lowest BCUT2D eigenvalue weighted by Crippen LogP contribution is -2.48. The molecule has 0 radical (unpaired) electrons. The Hall–Kier alpha value is -1.58. The van der Waals surface area contributed by atoms with E-state index in [1.165, 1.54) is 43.0 Å². The van der Waals surface area contributed by atoms with Gasteiger partial charge in [0.05, 0.1) is 16.9 Å². The van der Waals surface area contributed by atoms with E-state index in [0.717, 1.165) is 0 Å². The van der Waals surface area contributed by atoms with Gasteiger partial charge in [0, 0.05) is 12.6 Å². The molecule has 1 aromatic rings. The molecule has 0 aliphatic heterocycles. The molecule has 2 N–H and O–H groups in total. The summed E-state index contributed by atoms with van der Waals surface area (Å²) < 4.78 is 26.4. The van der Waals surface area contributed by atoms with Gasteiger partial charge in [-0.05, 0) is 42.7 Å². The molecule has 0 saturated carbocycles. The van der Waals surface area contributed by atoms with Gasteiger partial charge in [-0.2, -0.15) is 11.8 Å². The van der Waals surface area contributed by atoms with Crippen molar-refractivity contribution in [2.24, 2.45) is 0 Å². The van der Waals surface area contributed by atoms with E-state index in [2.05, 4.69) is 10.0 Å². The second kappa shape index (κ2) is 8.16. The number of nitrogens with one attached hydrogen (secondary N) is 2. The van der Waals surface area contributed by atoms with Crippen LogP contribution in [0.5, 0.6) is 0 Å². The fourth-order valence-electron chi connectivity index (χ4n) is 1.64. The summed E-state index contributed by atoms with van der Waals surface area (Å²) in [5.74, 6) is -1.25. The standard InChI is InChI=1S/C13H18N2O5S2/c1-9(16)14-10-3-5-11(6-4-10)22(19,20)15-12(13(17)18)7-8-21-2/h3-6,12,15H,7-8H2,1-2H3,(H,14,16)(H,17,18)/p-1/t12-/m0/s1. The lowest BCUT2D eigenvalue weighted by molar-refractivity contribution is -0.308. The van der Waals surface area contributed by atoms with Crippen LogP contribution in [0.1, 0.15) is 13.3 Å². The van der Waals surface area contributed by atoms with Crippen molar-refractivity contribution in [1.29, 1.82) is 0 Å². The average Bonchev–Trinajstić information content (AvgIpc) is 2.43. The van der Waals surface area contributed by atoms with Crippen molar-refractivity contribution in [3.05, 3.63) is 24.3 Å². The summed E-state index contributed by atoms with van der Waals surface area (Å²) in [5, 5.41) is 13.5. The minimum Gasteiger partial charge on any atom is -0.548 e. The minimum absolute atomic E-state index is 0.0861. The van der Waals surface area contributed by atoms with Crippen LogP contribution in [0.4, 0.5) is 5.69 Å². The number of benzene rings is 1. The van der Waals surface area contributed by atoms with Crippen molar-refractivity contribution in [3.63, 3.8) is 0 Å². The molecule has 0 fully saturated rings. The lowest BCUT2D eigenvalue weighted by Gasteiger charge is -2.19. The molecule has 1 rings (SSSR count). The number of amides is 1. The molecule has 0 aromatic heterocycles. The number of thioether (sulfide) groups is 1. The Morgan fingerprint density at radius 3 is 2.32 bits per heavy atom. The van der Waals surface area contributed by atoms with Crippen LogP contribution >= 0.6 is 11.8 Å². The number of sulfonamides is 1. The van der Waals surface area contributed by atoms with Crippen LogP contribution in [0.15, 0.2) is 29.2 Å².